The summed E-state index contributed by atoms with van der Waals surface area (Å²) in [7, 11) is 1.47. The largest absolute Gasteiger partial charge is 0.493 e. The first-order valence-electron chi connectivity index (χ1n) is 9.47. The van der Waals surface area contributed by atoms with Gasteiger partial charge >= 0.3 is 5.97 Å². The molecule has 1 saturated heterocycles. The predicted molar refractivity (Wildman–Crippen MR) is 121 cm³/mol. The van der Waals surface area contributed by atoms with Crippen LogP contribution in [0.15, 0.2) is 60.7 Å². The van der Waals surface area contributed by atoms with Crippen LogP contribution >= 0.6 is 12.2 Å². The number of thiocarbonyl (C=S) groups is 1. The Labute approximate surface area is 189 Å². The molecular formula is C23H20N2O6S. The first-order valence-corrected chi connectivity index (χ1v) is 9.88. The van der Waals surface area contributed by atoms with Crippen molar-refractivity contribution >= 4 is 41.2 Å². The van der Waals surface area contributed by atoms with Gasteiger partial charge in [0.2, 0.25) is 0 Å². The highest BCUT2D eigenvalue weighted by atomic mass is 32.1. The monoisotopic (exact) mass is 452 g/mol. The molecule has 0 unspecified atom stereocenters. The second-order valence-corrected chi connectivity index (χ2v) is 7.08. The molecule has 0 radical (unpaired) electrons. The van der Waals surface area contributed by atoms with Crippen LogP contribution in [0.5, 0.6) is 11.5 Å². The van der Waals surface area contributed by atoms with Crippen molar-refractivity contribution in [3.63, 3.8) is 0 Å². The summed E-state index contributed by atoms with van der Waals surface area (Å²) in [5, 5.41) is 11.7. The minimum Gasteiger partial charge on any atom is -0.493 e. The molecule has 0 aliphatic carbocycles. The van der Waals surface area contributed by atoms with Gasteiger partial charge in [-0.15, -0.1) is 6.58 Å². The van der Waals surface area contributed by atoms with Crippen molar-refractivity contribution < 1.29 is 29.0 Å². The number of nitrogens with one attached hydrogen (secondary N) is 1. The Kier molecular flexibility index (Phi) is 7.01. The fourth-order valence-electron chi connectivity index (χ4n) is 3.06. The molecule has 0 saturated carbocycles. The lowest BCUT2D eigenvalue weighted by molar-refractivity contribution is -0.128. The maximum Gasteiger partial charge on any atom is 0.335 e. The average molecular weight is 452 g/mol. The van der Waals surface area contributed by atoms with Crippen LogP contribution in [0, 0.1) is 0 Å². The van der Waals surface area contributed by atoms with Gasteiger partial charge in [-0.2, -0.15) is 0 Å². The van der Waals surface area contributed by atoms with Gasteiger partial charge in [0.15, 0.2) is 16.6 Å². The number of hydrogen-bond donors (Lipinski definition) is 2. The molecular weight excluding hydrogens is 432 g/mol. The number of methoxy groups -OCH3 is 1. The van der Waals surface area contributed by atoms with Gasteiger partial charge in [0.1, 0.15) is 12.2 Å². The van der Waals surface area contributed by atoms with E-state index in [-0.39, 0.29) is 29.4 Å². The molecule has 1 aliphatic rings. The van der Waals surface area contributed by atoms with E-state index in [1.54, 1.807) is 30.3 Å². The van der Waals surface area contributed by atoms with Crippen LogP contribution in [0.1, 0.15) is 21.5 Å². The highest BCUT2D eigenvalue weighted by molar-refractivity contribution is 7.80. The second-order valence-electron chi connectivity index (χ2n) is 6.69. The Morgan fingerprint density at radius 1 is 1.25 bits per heavy atom. The summed E-state index contributed by atoms with van der Waals surface area (Å²) in [6, 6.07) is 11.4. The lowest BCUT2D eigenvalue weighted by Crippen LogP contribution is -2.53. The summed E-state index contributed by atoms with van der Waals surface area (Å²) in [6.07, 6.45) is 2.91. The molecule has 9 heteroatoms. The highest BCUT2D eigenvalue weighted by Gasteiger charge is 2.33. The first-order chi connectivity index (χ1) is 15.3. The van der Waals surface area contributed by atoms with Gasteiger partial charge in [0.25, 0.3) is 11.8 Å². The molecule has 32 heavy (non-hydrogen) atoms. The molecule has 0 bridgehead atoms. The van der Waals surface area contributed by atoms with Crippen LogP contribution in [-0.4, -0.2) is 46.6 Å². The number of benzene rings is 2. The number of amides is 2. The van der Waals surface area contributed by atoms with Crippen LogP contribution in [0.2, 0.25) is 0 Å². The van der Waals surface area contributed by atoms with Gasteiger partial charge in [-0.1, -0.05) is 30.3 Å². The fourth-order valence-corrected chi connectivity index (χ4v) is 3.31. The molecule has 2 aromatic rings. The van der Waals surface area contributed by atoms with Crippen LogP contribution in [0.25, 0.3) is 6.08 Å². The summed E-state index contributed by atoms with van der Waals surface area (Å²) < 4.78 is 11.3. The Hall–Kier alpha value is -3.98. The van der Waals surface area contributed by atoms with E-state index in [2.05, 4.69) is 11.9 Å². The number of hydrogen-bond acceptors (Lipinski definition) is 6. The Morgan fingerprint density at radius 3 is 2.69 bits per heavy atom. The molecule has 1 aliphatic heterocycles. The molecule has 2 aromatic carbocycles. The molecule has 3 rings (SSSR count). The smallest absolute Gasteiger partial charge is 0.335 e. The van der Waals surface area contributed by atoms with E-state index in [1.807, 2.05) is 0 Å². The molecule has 2 N–H and O–H groups in total. The number of carboxylic acid groups (broad SMARTS) is 1. The number of aromatic carboxylic acids is 1. The third-order valence-corrected chi connectivity index (χ3v) is 4.91. The third-order valence-electron chi connectivity index (χ3n) is 4.58. The maximum absolute atomic E-state index is 12.8. The van der Waals surface area contributed by atoms with E-state index in [0.717, 1.165) is 0 Å². The zero-order chi connectivity index (χ0) is 23.3. The predicted octanol–water partition coefficient (Wildman–Crippen LogP) is 2.79. The number of carbonyl (C=O) groups excluding carboxylic acids is 2. The third kappa shape index (κ3) is 4.84. The normalized spacial score (nSPS) is 14.8. The average Bonchev–Trinajstić information content (AvgIpc) is 2.78. The van der Waals surface area contributed by atoms with Crippen molar-refractivity contribution in [3.05, 3.63) is 77.4 Å². The van der Waals surface area contributed by atoms with Crippen LogP contribution in [-0.2, 0) is 16.2 Å². The zero-order valence-corrected chi connectivity index (χ0v) is 18.0. The van der Waals surface area contributed by atoms with Crippen molar-refractivity contribution in [2.24, 2.45) is 0 Å². The van der Waals surface area contributed by atoms with Crippen molar-refractivity contribution in [3.8, 4) is 11.5 Å². The van der Waals surface area contributed by atoms with Gasteiger partial charge in [-0.05, 0) is 42.1 Å². The molecule has 0 spiro atoms. The summed E-state index contributed by atoms with van der Waals surface area (Å²) in [5.41, 5.74) is 1.08. The molecule has 1 fully saturated rings. The SMILES string of the molecule is C=CCN1C(=O)/C(=C/c2cccc(OC)c2OCc2cccc(C(=O)O)c2)C(=O)NC1=S. The summed E-state index contributed by atoms with van der Waals surface area (Å²) in [6.45, 7) is 3.80. The molecule has 2 amide bonds. The summed E-state index contributed by atoms with van der Waals surface area (Å²) >= 11 is 5.07. The van der Waals surface area contributed by atoms with E-state index >= 15 is 0 Å². The second kappa shape index (κ2) is 9.88. The van der Waals surface area contributed by atoms with E-state index in [9.17, 15) is 19.5 Å². The van der Waals surface area contributed by atoms with E-state index in [1.165, 1.54) is 36.3 Å². The number of nitrogens with zero attached hydrogens (tertiary/aromatic N) is 1. The molecule has 1 heterocycles. The van der Waals surface area contributed by atoms with Crippen molar-refractivity contribution in [1.29, 1.82) is 0 Å². The summed E-state index contributed by atoms with van der Waals surface area (Å²) in [5.74, 6) is -1.54. The number of rotatable bonds is 8. The zero-order valence-electron chi connectivity index (χ0n) is 17.2. The first kappa shape index (κ1) is 22.7. The maximum atomic E-state index is 12.8. The van der Waals surface area contributed by atoms with E-state index in [4.69, 9.17) is 21.7 Å². The Bertz CT molecular complexity index is 1140. The summed E-state index contributed by atoms with van der Waals surface area (Å²) in [4.78, 5) is 37.7. The number of carbonyl (C=O) groups is 3. The van der Waals surface area contributed by atoms with Crippen LogP contribution in [0.3, 0.4) is 0 Å². The lowest BCUT2D eigenvalue weighted by atomic mass is 10.1. The van der Waals surface area contributed by atoms with Crippen molar-refractivity contribution in [2.45, 2.75) is 6.61 Å². The molecule has 8 nitrogen and oxygen atoms in total. The minimum absolute atomic E-state index is 0.0116. The van der Waals surface area contributed by atoms with Gasteiger partial charge in [-0.25, -0.2) is 4.79 Å². The standard InChI is InChI=1S/C23H20N2O6S/c1-3-10-25-21(27)17(20(26)24-23(25)32)12-15-7-5-9-18(30-2)19(15)31-13-14-6-4-8-16(11-14)22(28)29/h3-9,11-12H,1,10,13H2,2H3,(H,28,29)(H,24,26,32)/b17-12+. The van der Waals surface area contributed by atoms with Gasteiger partial charge in [0, 0.05) is 12.1 Å². The van der Waals surface area contributed by atoms with Crippen molar-refractivity contribution in [1.82, 2.24) is 10.2 Å². The molecule has 0 atom stereocenters. The highest BCUT2D eigenvalue weighted by Crippen LogP contribution is 2.34. The number of carboxylic acids is 1. The van der Waals surface area contributed by atoms with Crippen molar-refractivity contribution in [2.75, 3.05) is 13.7 Å². The van der Waals surface area contributed by atoms with E-state index in [0.29, 0.717) is 22.6 Å². The van der Waals surface area contributed by atoms with Gasteiger partial charge in [-0.3, -0.25) is 19.8 Å². The van der Waals surface area contributed by atoms with Gasteiger partial charge < -0.3 is 14.6 Å². The fraction of sp³-hybridized carbons (Fsp3) is 0.130. The van der Waals surface area contributed by atoms with Gasteiger partial charge in [0.05, 0.1) is 12.7 Å². The van der Waals surface area contributed by atoms with Crippen LogP contribution < -0.4 is 14.8 Å². The lowest BCUT2D eigenvalue weighted by Gasteiger charge is -2.28. The Morgan fingerprint density at radius 2 is 2.00 bits per heavy atom. The topological polar surface area (TPSA) is 105 Å². The quantitative estimate of drug-likeness (QED) is 0.275. The van der Waals surface area contributed by atoms with Crippen LogP contribution in [0.4, 0.5) is 0 Å². The molecule has 164 valence electrons. The molecule has 0 aromatic heterocycles. The number of ether oxygens (including phenoxy) is 2. The van der Waals surface area contributed by atoms with E-state index < -0.39 is 17.8 Å². The minimum atomic E-state index is -1.04. The Balaban J connectivity index is 1.96. The number of para-hydroxylation sites is 1.